The molecule has 10 nitrogen and oxygen atoms in total. The van der Waals surface area contributed by atoms with Crippen LogP contribution >= 0.6 is 11.8 Å². The summed E-state index contributed by atoms with van der Waals surface area (Å²) < 4.78 is 34.6. The number of esters is 4. The SMILES string of the molecule is CC(=O)OC[C@H]1O[C@@H](SCCCCCCO[C@H]2CC[C@@]3(C)C(=CCC4C3CC[C@@]3(C)C4CC[C@@H]3[C@H](C)CCCC(C)C)C2)[C@@H](OC(C)=O)[C@@H](OC(C)=O)[C@@H]1OC(C)=O. The van der Waals surface area contributed by atoms with Crippen LogP contribution in [0.25, 0.3) is 0 Å². The highest BCUT2D eigenvalue weighted by Gasteiger charge is 2.59. The van der Waals surface area contributed by atoms with Gasteiger partial charge in [-0.25, -0.2) is 0 Å². The van der Waals surface area contributed by atoms with Crippen LogP contribution in [0.3, 0.4) is 0 Å². The van der Waals surface area contributed by atoms with E-state index < -0.39 is 53.7 Å². The molecule has 58 heavy (non-hydrogen) atoms. The van der Waals surface area contributed by atoms with E-state index in [1.54, 1.807) is 5.57 Å². The van der Waals surface area contributed by atoms with Gasteiger partial charge in [-0.15, -0.1) is 11.8 Å². The van der Waals surface area contributed by atoms with E-state index in [0.29, 0.717) is 22.7 Å². The van der Waals surface area contributed by atoms with Crippen LogP contribution in [0.5, 0.6) is 0 Å². The summed E-state index contributed by atoms with van der Waals surface area (Å²) in [6.07, 6.45) is 17.3. The molecule has 0 amide bonds. The Hall–Kier alpha value is -2.11. The Labute approximate surface area is 353 Å². The number of hydrogen-bond acceptors (Lipinski definition) is 11. The average molecular weight is 833 g/mol. The van der Waals surface area contributed by atoms with Gasteiger partial charge in [0, 0.05) is 34.3 Å². The number of ether oxygens (including phenoxy) is 6. The molecule has 4 fully saturated rings. The summed E-state index contributed by atoms with van der Waals surface area (Å²) in [6.45, 7) is 18.1. The zero-order valence-corrected chi connectivity index (χ0v) is 38.0. The first-order chi connectivity index (χ1) is 27.5. The van der Waals surface area contributed by atoms with E-state index >= 15 is 0 Å². The highest BCUT2D eigenvalue weighted by molar-refractivity contribution is 7.99. The molecular formula is C47H76O10S. The second-order valence-corrected chi connectivity index (χ2v) is 20.6. The molecule has 5 aliphatic rings. The van der Waals surface area contributed by atoms with Crippen molar-refractivity contribution in [1.29, 1.82) is 0 Å². The Balaban J connectivity index is 1.06. The summed E-state index contributed by atoms with van der Waals surface area (Å²) in [6, 6.07) is 0. The van der Waals surface area contributed by atoms with Crippen molar-refractivity contribution < 1.29 is 47.6 Å². The van der Waals surface area contributed by atoms with Gasteiger partial charge in [0.1, 0.15) is 18.1 Å². The summed E-state index contributed by atoms with van der Waals surface area (Å²) >= 11 is 1.44. The van der Waals surface area contributed by atoms with Crippen molar-refractivity contribution in [1.82, 2.24) is 0 Å². The molecule has 13 atom stereocenters. The van der Waals surface area contributed by atoms with Crippen LogP contribution in [0.4, 0.5) is 0 Å². The summed E-state index contributed by atoms with van der Waals surface area (Å²) in [5.74, 6) is 3.44. The fourth-order valence-electron chi connectivity index (χ4n) is 12.1. The Kier molecular flexibility index (Phi) is 17.1. The fourth-order valence-corrected chi connectivity index (χ4v) is 13.3. The first kappa shape index (κ1) is 46.9. The highest BCUT2D eigenvalue weighted by atomic mass is 32.2. The number of fused-ring (bicyclic) bond motifs is 5. The lowest BCUT2D eigenvalue weighted by Crippen LogP contribution is -2.61. The van der Waals surface area contributed by atoms with Crippen LogP contribution in [0.1, 0.15) is 159 Å². The van der Waals surface area contributed by atoms with E-state index in [1.807, 2.05) is 0 Å². The van der Waals surface area contributed by atoms with Crippen molar-refractivity contribution in [2.75, 3.05) is 19.0 Å². The minimum absolute atomic E-state index is 0.216. The normalized spacial score (nSPS) is 36.1. The molecule has 0 bridgehead atoms. The third kappa shape index (κ3) is 11.6. The third-order valence-corrected chi connectivity index (χ3v) is 16.1. The Morgan fingerprint density at radius 2 is 1.47 bits per heavy atom. The predicted octanol–water partition coefficient (Wildman–Crippen LogP) is 9.79. The number of thioether (sulfide) groups is 1. The van der Waals surface area contributed by atoms with Crippen LogP contribution in [0.15, 0.2) is 11.6 Å². The molecular weight excluding hydrogens is 757 g/mol. The molecule has 0 N–H and O–H groups in total. The van der Waals surface area contributed by atoms with Crippen molar-refractivity contribution in [2.24, 2.45) is 46.3 Å². The van der Waals surface area contributed by atoms with Gasteiger partial charge in [-0.3, -0.25) is 19.2 Å². The molecule has 0 aromatic carbocycles. The predicted molar refractivity (Wildman–Crippen MR) is 226 cm³/mol. The molecule has 3 saturated carbocycles. The van der Waals surface area contributed by atoms with Crippen molar-refractivity contribution in [2.45, 2.75) is 195 Å². The molecule has 0 spiro atoms. The second kappa shape index (κ2) is 21.1. The molecule has 330 valence electrons. The molecule has 4 aliphatic carbocycles. The maximum absolute atomic E-state index is 12.1. The third-order valence-electron chi connectivity index (χ3n) is 14.9. The molecule has 0 radical (unpaired) electrons. The molecule has 3 unspecified atom stereocenters. The Bertz CT molecular complexity index is 1430. The van der Waals surface area contributed by atoms with E-state index in [2.05, 4.69) is 40.7 Å². The number of hydrogen-bond donors (Lipinski definition) is 0. The lowest BCUT2D eigenvalue weighted by atomic mass is 9.47. The first-order valence-corrected chi connectivity index (χ1v) is 23.8. The highest BCUT2D eigenvalue weighted by Crippen LogP contribution is 2.67. The molecule has 0 aromatic heterocycles. The van der Waals surface area contributed by atoms with E-state index in [1.165, 1.54) is 97.2 Å². The van der Waals surface area contributed by atoms with Gasteiger partial charge in [-0.1, -0.05) is 78.4 Å². The largest absolute Gasteiger partial charge is 0.463 e. The lowest BCUT2D eigenvalue weighted by molar-refractivity contribution is -0.237. The number of carbonyl (C=O) groups excluding carboxylic acids is 4. The average Bonchev–Trinajstić information content (AvgIpc) is 3.50. The quantitative estimate of drug-likeness (QED) is 0.0535. The van der Waals surface area contributed by atoms with Crippen molar-refractivity contribution >= 4 is 35.6 Å². The van der Waals surface area contributed by atoms with Crippen molar-refractivity contribution in [3.05, 3.63) is 11.6 Å². The molecule has 5 rings (SSSR count). The van der Waals surface area contributed by atoms with Gasteiger partial charge < -0.3 is 28.4 Å². The van der Waals surface area contributed by atoms with Gasteiger partial charge in [0.05, 0.1) is 6.10 Å². The van der Waals surface area contributed by atoms with Gasteiger partial charge >= 0.3 is 23.9 Å². The number of allylic oxidation sites excluding steroid dienone is 1. The van der Waals surface area contributed by atoms with E-state index in [4.69, 9.17) is 28.4 Å². The Morgan fingerprint density at radius 1 is 0.776 bits per heavy atom. The van der Waals surface area contributed by atoms with Gasteiger partial charge in [0.15, 0.2) is 18.3 Å². The van der Waals surface area contributed by atoms with E-state index in [0.717, 1.165) is 80.6 Å². The molecule has 11 heteroatoms. The number of unbranched alkanes of at least 4 members (excludes halogenated alkanes) is 3. The second-order valence-electron chi connectivity index (χ2n) is 19.4. The number of rotatable bonds is 19. The first-order valence-electron chi connectivity index (χ1n) is 22.8. The molecule has 1 aliphatic heterocycles. The number of carbonyl (C=O) groups is 4. The van der Waals surface area contributed by atoms with Crippen LogP contribution in [0.2, 0.25) is 0 Å². The van der Waals surface area contributed by atoms with Gasteiger partial charge in [-0.05, 0) is 116 Å². The van der Waals surface area contributed by atoms with Gasteiger partial charge in [-0.2, -0.15) is 0 Å². The van der Waals surface area contributed by atoms with Crippen LogP contribution in [0, 0.1) is 46.3 Å². The van der Waals surface area contributed by atoms with Gasteiger partial charge in [0.25, 0.3) is 0 Å². The maximum Gasteiger partial charge on any atom is 0.303 e. The van der Waals surface area contributed by atoms with Gasteiger partial charge in [0.2, 0.25) is 0 Å². The fraction of sp³-hybridized carbons (Fsp3) is 0.872. The van der Waals surface area contributed by atoms with Crippen molar-refractivity contribution in [3.63, 3.8) is 0 Å². The standard InChI is InChI=1S/C47H76O10S/c1-29(2)15-14-16-30(3)38-19-20-39-37-18-17-35-27-36(21-23-46(35,8)40(37)22-24-47(38,39)9)52-25-12-10-11-13-26-58-45-44(56-34(7)51)43(55-33(6)50)42(54-32(5)49)41(57-45)28-53-31(4)48/h17,29-30,36-45H,10-16,18-28H2,1-9H3/t30-,36+,37?,38-,39?,40?,41-,42-,43+,44+,45+,46+,47-/m1/s1. The topological polar surface area (TPSA) is 124 Å². The zero-order valence-electron chi connectivity index (χ0n) is 37.2. The molecule has 1 saturated heterocycles. The smallest absolute Gasteiger partial charge is 0.303 e. The van der Waals surface area contributed by atoms with E-state index in [9.17, 15) is 19.2 Å². The summed E-state index contributed by atoms with van der Waals surface area (Å²) in [7, 11) is 0. The zero-order chi connectivity index (χ0) is 42.2. The summed E-state index contributed by atoms with van der Waals surface area (Å²) in [5.41, 5.74) is 1.81. The summed E-state index contributed by atoms with van der Waals surface area (Å²) in [5, 5.41) is 0. The maximum atomic E-state index is 12.1. The Morgan fingerprint density at radius 3 is 2.16 bits per heavy atom. The monoisotopic (exact) mass is 833 g/mol. The van der Waals surface area contributed by atoms with Crippen LogP contribution < -0.4 is 0 Å². The van der Waals surface area contributed by atoms with Crippen molar-refractivity contribution in [3.8, 4) is 0 Å². The minimum atomic E-state index is -1.13. The minimum Gasteiger partial charge on any atom is -0.463 e. The van der Waals surface area contributed by atoms with Crippen LogP contribution in [-0.4, -0.2) is 78.8 Å². The van der Waals surface area contributed by atoms with Crippen LogP contribution in [-0.2, 0) is 47.6 Å². The molecule has 0 aromatic rings. The van der Waals surface area contributed by atoms with E-state index in [-0.39, 0.29) is 6.61 Å². The molecule has 1 heterocycles. The summed E-state index contributed by atoms with van der Waals surface area (Å²) in [4.78, 5) is 47.9. The lowest BCUT2D eigenvalue weighted by Gasteiger charge is -2.58.